The number of nitrogens with one attached hydrogen (secondary N) is 2. The van der Waals surface area contributed by atoms with E-state index in [-0.39, 0.29) is 12.3 Å². The lowest BCUT2D eigenvalue weighted by atomic mass is 10.1. The van der Waals surface area contributed by atoms with Crippen LogP contribution in [0.25, 0.3) is 0 Å². The number of carbonyl (C=O) groups excluding carboxylic acids is 1. The van der Waals surface area contributed by atoms with Crippen LogP contribution in [0.15, 0.2) is 0 Å². The molecule has 1 amide bonds. The van der Waals surface area contributed by atoms with Gasteiger partial charge in [-0.15, -0.1) is 0 Å². The van der Waals surface area contributed by atoms with Crippen molar-refractivity contribution in [3.05, 3.63) is 0 Å². The molecule has 0 aromatic carbocycles. The van der Waals surface area contributed by atoms with Crippen molar-refractivity contribution in [2.24, 2.45) is 0 Å². The zero-order valence-corrected chi connectivity index (χ0v) is 10.9. The first kappa shape index (κ1) is 15.0. The number of carboxylic acid groups (broad SMARTS) is 1. The third-order valence-electron chi connectivity index (χ3n) is 3.23. The van der Waals surface area contributed by atoms with Gasteiger partial charge >= 0.3 is 5.97 Å². The molecule has 0 aromatic heterocycles. The maximum absolute atomic E-state index is 11.5. The molecule has 0 radical (unpaired) electrons. The maximum atomic E-state index is 11.5. The third kappa shape index (κ3) is 7.27. The number of aliphatic carboxylic acids is 1. The van der Waals surface area contributed by atoms with E-state index in [9.17, 15) is 9.59 Å². The van der Waals surface area contributed by atoms with Gasteiger partial charge in [-0.1, -0.05) is 12.8 Å². The number of unbranched alkanes of at least 4 members (excludes halogenated alkanes) is 3. The van der Waals surface area contributed by atoms with Crippen molar-refractivity contribution >= 4 is 11.9 Å². The zero-order valence-electron chi connectivity index (χ0n) is 10.9. The minimum absolute atomic E-state index is 0.125. The monoisotopic (exact) mass is 256 g/mol. The van der Waals surface area contributed by atoms with Crippen molar-refractivity contribution in [1.29, 1.82) is 0 Å². The van der Waals surface area contributed by atoms with Crippen molar-refractivity contribution < 1.29 is 14.7 Å². The molecule has 0 bridgehead atoms. The van der Waals surface area contributed by atoms with Crippen LogP contribution in [-0.4, -0.2) is 36.1 Å². The van der Waals surface area contributed by atoms with Crippen molar-refractivity contribution in [3.8, 4) is 0 Å². The second-order valence-corrected chi connectivity index (χ2v) is 4.91. The Balaban J connectivity index is 1.87. The Morgan fingerprint density at radius 1 is 1.22 bits per heavy atom. The average Bonchev–Trinajstić information content (AvgIpc) is 2.80. The van der Waals surface area contributed by atoms with E-state index in [1.54, 1.807) is 0 Å². The standard InChI is InChI=1S/C13H24N2O3/c16-12(10-11-6-5-9-14-11)15-8-4-2-1-3-7-13(17)18/h11,14H,1-10H2,(H,15,16)(H,17,18). The molecule has 1 saturated heterocycles. The highest BCUT2D eigenvalue weighted by Gasteiger charge is 2.16. The van der Waals surface area contributed by atoms with Gasteiger partial charge in [-0.25, -0.2) is 0 Å². The van der Waals surface area contributed by atoms with Gasteiger partial charge in [-0.05, 0) is 32.2 Å². The molecule has 1 atom stereocenters. The van der Waals surface area contributed by atoms with Crippen LogP contribution in [0.3, 0.4) is 0 Å². The number of carboxylic acids is 1. The van der Waals surface area contributed by atoms with E-state index in [0.717, 1.165) is 38.6 Å². The van der Waals surface area contributed by atoms with E-state index < -0.39 is 5.97 Å². The lowest BCUT2D eigenvalue weighted by Crippen LogP contribution is -2.32. The predicted molar refractivity (Wildman–Crippen MR) is 69.4 cm³/mol. The fourth-order valence-corrected chi connectivity index (χ4v) is 2.21. The summed E-state index contributed by atoms with van der Waals surface area (Å²) in [7, 11) is 0. The molecule has 5 heteroatoms. The molecule has 1 unspecified atom stereocenters. The topological polar surface area (TPSA) is 78.4 Å². The SMILES string of the molecule is O=C(O)CCCCCCNC(=O)CC1CCCN1. The molecule has 3 N–H and O–H groups in total. The first-order valence-electron chi connectivity index (χ1n) is 6.90. The fourth-order valence-electron chi connectivity index (χ4n) is 2.21. The minimum atomic E-state index is -0.729. The van der Waals surface area contributed by atoms with Crippen LogP contribution in [-0.2, 0) is 9.59 Å². The number of hydrogen-bond acceptors (Lipinski definition) is 3. The Hall–Kier alpha value is -1.10. The molecule has 0 spiro atoms. The van der Waals surface area contributed by atoms with Gasteiger partial charge in [0, 0.05) is 25.4 Å². The first-order valence-corrected chi connectivity index (χ1v) is 6.90. The summed E-state index contributed by atoms with van der Waals surface area (Å²) in [6.45, 7) is 1.74. The first-order chi connectivity index (χ1) is 8.68. The number of amides is 1. The summed E-state index contributed by atoms with van der Waals surface area (Å²) >= 11 is 0. The van der Waals surface area contributed by atoms with Crippen molar-refractivity contribution in [2.45, 2.75) is 57.4 Å². The molecule has 0 aliphatic carbocycles. The molecule has 0 aromatic rings. The predicted octanol–water partition coefficient (Wildman–Crippen LogP) is 1.28. The van der Waals surface area contributed by atoms with E-state index in [4.69, 9.17) is 5.11 Å². The van der Waals surface area contributed by atoms with Crippen molar-refractivity contribution in [2.75, 3.05) is 13.1 Å². The van der Waals surface area contributed by atoms with Gasteiger partial charge in [-0.3, -0.25) is 9.59 Å². The van der Waals surface area contributed by atoms with Gasteiger partial charge in [0.2, 0.25) is 5.91 Å². The Labute approximate surface area is 108 Å². The van der Waals surface area contributed by atoms with E-state index >= 15 is 0 Å². The molecule has 0 saturated carbocycles. The summed E-state index contributed by atoms with van der Waals surface area (Å²) in [6.07, 6.45) is 6.67. The summed E-state index contributed by atoms with van der Waals surface area (Å²) in [4.78, 5) is 21.8. The van der Waals surface area contributed by atoms with E-state index in [1.165, 1.54) is 6.42 Å². The molecular formula is C13H24N2O3. The molecule has 5 nitrogen and oxygen atoms in total. The largest absolute Gasteiger partial charge is 0.481 e. The van der Waals surface area contributed by atoms with Crippen molar-refractivity contribution in [1.82, 2.24) is 10.6 Å². The highest BCUT2D eigenvalue weighted by molar-refractivity contribution is 5.76. The molecular weight excluding hydrogens is 232 g/mol. The average molecular weight is 256 g/mol. The highest BCUT2D eigenvalue weighted by atomic mass is 16.4. The van der Waals surface area contributed by atoms with E-state index in [1.807, 2.05) is 0 Å². The number of rotatable bonds is 9. The molecule has 18 heavy (non-hydrogen) atoms. The molecule has 1 heterocycles. The Kier molecular flexibility index (Phi) is 7.41. The second-order valence-electron chi connectivity index (χ2n) is 4.91. The summed E-state index contributed by atoms with van der Waals surface area (Å²) in [6, 6.07) is 0.362. The van der Waals surface area contributed by atoms with Crippen LogP contribution in [0.1, 0.15) is 51.4 Å². The van der Waals surface area contributed by atoms with E-state index in [0.29, 0.717) is 19.0 Å². The van der Waals surface area contributed by atoms with Crippen LogP contribution in [0, 0.1) is 0 Å². The van der Waals surface area contributed by atoms with Crippen LogP contribution < -0.4 is 10.6 Å². The minimum Gasteiger partial charge on any atom is -0.481 e. The number of hydrogen-bond donors (Lipinski definition) is 3. The Morgan fingerprint density at radius 3 is 2.67 bits per heavy atom. The Morgan fingerprint density at radius 2 is 2.00 bits per heavy atom. The summed E-state index contributed by atoms with van der Waals surface area (Å²) < 4.78 is 0. The lowest BCUT2D eigenvalue weighted by molar-refractivity contribution is -0.137. The van der Waals surface area contributed by atoms with Crippen molar-refractivity contribution in [3.63, 3.8) is 0 Å². The van der Waals surface area contributed by atoms with Gasteiger partial charge in [-0.2, -0.15) is 0 Å². The van der Waals surface area contributed by atoms with Gasteiger partial charge in [0.15, 0.2) is 0 Å². The van der Waals surface area contributed by atoms with Gasteiger partial charge in [0.05, 0.1) is 0 Å². The summed E-state index contributed by atoms with van der Waals surface area (Å²) in [5, 5.41) is 14.7. The quantitative estimate of drug-likeness (QED) is 0.543. The Bertz CT molecular complexity index is 263. The second kappa shape index (κ2) is 8.91. The summed E-state index contributed by atoms with van der Waals surface area (Å²) in [5.74, 6) is -0.604. The highest BCUT2D eigenvalue weighted by Crippen LogP contribution is 2.08. The van der Waals surface area contributed by atoms with Gasteiger partial charge in [0.25, 0.3) is 0 Å². The van der Waals surface area contributed by atoms with Gasteiger partial charge < -0.3 is 15.7 Å². The summed E-state index contributed by atoms with van der Waals surface area (Å²) in [5.41, 5.74) is 0. The third-order valence-corrected chi connectivity index (χ3v) is 3.23. The number of carbonyl (C=O) groups is 2. The van der Waals surface area contributed by atoms with Crippen LogP contribution in [0.2, 0.25) is 0 Å². The lowest BCUT2D eigenvalue weighted by Gasteiger charge is -2.10. The molecule has 104 valence electrons. The fraction of sp³-hybridized carbons (Fsp3) is 0.846. The van der Waals surface area contributed by atoms with E-state index in [2.05, 4.69) is 10.6 Å². The van der Waals surface area contributed by atoms with Gasteiger partial charge in [0.1, 0.15) is 0 Å². The normalized spacial score (nSPS) is 18.8. The molecule has 1 aliphatic rings. The van der Waals surface area contributed by atoms with Crippen LogP contribution in [0.5, 0.6) is 0 Å². The molecule has 1 fully saturated rings. The maximum Gasteiger partial charge on any atom is 0.303 e. The van der Waals surface area contributed by atoms with Crippen LogP contribution >= 0.6 is 0 Å². The van der Waals surface area contributed by atoms with Crippen LogP contribution in [0.4, 0.5) is 0 Å². The molecule has 1 rings (SSSR count). The zero-order chi connectivity index (χ0) is 13.2. The smallest absolute Gasteiger partial charge is 0.303 e. The molecule has 1 aliphatic heterocycles.